The molecular formula is C15H19N3O. The standard InChI is InChI=1S/C15H19N3O/c1-18-13-7-3-2-6-11(13)12(17-18)10-14(19)15(16)8-4-5-9-15/h2-3,6-7H,4-5,8-10,16H2,1H3. The highest BCUT2D eigenvalue weighted by Crippen LogP contribution is 2.29. The number of nitrogens with zero attached hydrogens (tertiary/aromatic N) is 2. The molecule has 4 nitrogen and oxygen atoms in total. The largest absolute Gasteiger partial charge is 0.319 e. The zero-order chi connectivity index (χ0) is 13.5. The number of hydrogen-bond donors (Lipinski definition) is 1. The van der Waals surface area contributed by atoms with Gasteiger partial charge in [0.1, 0.15) is 0 Å². The Morgan fingerprint density at radius 3 is 2.79 bits per heavy atom. The van der Waals surface area contributed by atoms with Gasteiger partial charge in [-0.2, -0.15) is 5.10 Å². The van der Waals surface area contributed by atoms with Crippen LogP contribution in [0.25, 0.3) is 10.9 Å². The fraction of sp³-hybridized carbons (Fsp3) is 0.467. The fourth-order valence-electron chi connectivity index (χ4n) is 3.03. The maximum Gasteiger partial charge on any atom is 0.158 e. The molecule has 3 rings (SSSR count). The molecule has 19 heavy (non-hydrogen) atoms. The number of Topliss-reactive ketones (excluding diaryl/α,β-unsaturated/α-hetero) is 1. The molecule has 0 atom stereocenters. The van der Waals surface area contributed by atoms with E-state index in [0.29, 0.717) is 6.42 Å². The van der Waals surface area contributed by atoms with E-state index in [2.05, 4.69) is 5.10 Å². The van der Waals surface area contributed by atoms with E-state index >= 15 is 0 Å². The van der Waals surface area contributed by atoms with E-state index in [4.69, 9.17) is 5.73 Å². The first kappa shape index (κ1) is 12.4. The Bertz CT molecular complexity index is 623. The second kappa shape index (κ2) is 4.46. The van der Waals surface area contributed by atoms with E-state index in [0.717, 1.165) is 42.3 Å². The molecular weight excluding hydrogens is 238 g/mol. The Kier molecular flexibility index (Phi) is 2.90. The minimum atomic E-state index is -0.612. The first-order valence-electron chi connectivity index (χ1n) is 6.83. The van der Waals surface area contributed by atoms with E-state index in [1.807, 2.05) is 36.0 Å². The van der Waals surface area contributed by atoms with Gasteiger partial charge in [0.2, 0.25) is 0 Å². The molecule has 1 fully saturated rings. The van der Waals surface area contributed by atoms with Gasteiger partial charge < -0.3 is 5.73 Å². The van der Waals surface area contributed by atoms with Gasteiger partial charge in [0, 0.05) is 12.4 Å². The van der Waals surface area contributed by atoms with E-state index in [1.165, 1.54) is 0 Å². The zero-order valence-corrected chi connectivity index (χ0v) is 11.2. The third kappa shape index (κ3) is 2.06. The summed E-state index contributed by atoms with van der Waals surface area (Å²) in [6.07, 6.45) is 4.10. The van der Waals surface area contributed by atoms with E-state index in [1.54, 1.807) is 0 Å². The molecule has 0 spiro atoms. The number of fused-ring (bicyclic) bond motifs is 1. The number of carbonyl (C=O) groups excluding carboxylic acids is 1. The van der Waals surface area contributed by atoms with E-state index in [-0.39, 0.29) is 5.78 Å². The number of ketones is 1. The van der Waals surface area contributed by atoms with Gasteiger partial charge in [-0.05, 0) is 18.9 Å². The summed E-state index contributed by atoms with van der Waals surface area (Å²) in [4.78, 5) is 12.4. The maximum absolute atomic E-state index is 12.4. The number of benzene rings is 1. The summed E-state index contributed by atoms with van der Waals surface area (Å²) in [6, 6.07) is 8.00. The van der Waals surface area contributed by atoms with Crippen LogP contribution in [0.2, 0.25) is 0 Å². The van der Waals surface area contributed by atoms with Crippen molar-refractivity contribution in [2.24, 2.45) is 12.8 Å². The summed E-state index contributed by atoms with van der Waals surface area (Å²) >= 11 is 0. The van der Waals surface area contributed by atoms with Crippen LogP contribution in [0.1, 0.15) is 31.4 Å². The first-order valence-corrected chi connectivity index (χ1v) is 6.83. The minimum absolute atomic E-state index is 0.133. The normalized spacial score (nSPS) is 18.0. The average Bonchev–Trinajstić information content (AvgIpc) is 2.97. The van der Waals surface area contributed by atoms with Crippen LogP contribution in [-0.2, 0) is 18.3 Å². The summed E-state index contributed by atoms with van der Waals surface area (Å²) in [5.41, 5.74) is 7.51. The zero-order valence-electron chi connectivity index (χ0n) is 11.2. The smallest absolute Gasteiger partial charge is 0.158 e. The van der Waals surface area contributed by atoms with Crippen molar-refractivity contribution in [3.8, 4) is 0 Å². The molecule has 4 heteroatoms. The predicted molar refractivity (Wildman–Crippen MR) is 74.8 cm³/mol. The molecule has 2 aromatic rings. The average molecular weight is 257 g/mol. The molecule has 1 aromatic carbocycles. The second-order valence-electron chi connectivity index (χ2n) is 5.55. The van der Waals surface area contributed by atoms with Crippen molar-refractivity contribution in [3.63, 3.8) is 0 Å². The van der Waals surface area contributed by atoms with Gasteiger partial charge in [-0.25, -0.2) is 0 Å². The molecule has 2 N–H and O–H groups in total. The predicted octanol–water partition coefficient (Wildman–Crippen LogP) is 1.96. The van der Waals surface area contributed by atoms with Gasteiger partial charge >= 0.3 is 0 Å². The van der Waals surface area contributed by atoms with Gasteiger partial charge in [0.15, 0.2) is 5.78 Å². The van der Waals surface area contributed by atoms with Gasteiger partial charge in [-0.1, -0.05) is 31.0 Å². The monoisotopic (exact) mass is 257 g/mol. The third-order valence-electron chi connectivity index (χ3n) is 4.21. The van der Waals surface area contributed by atoms with Gasteiger partial charge in [0.25, 0.3) is 0 Å². The lowest BCUT2D eigenvalue weighted by molar-refractivity contribution is -0.123. The Morgan fingerprint density at radius 1 is 1.37 bits per heavy atom. The van der Waals surface area contributed by atoms with Crippen molar-refractivity contribution >= 4 is 16.7 Å². The van der Waals surface area contributed by atoms with Gasteiger partial charge in [-0.3, -0.25) is 9.48 Å². The Labute approximate surface area is 112 Å². The lowest BCUT2D eigenvalue weighted by Crippen LogP contribution is -2.46. The molecule has 0 unspecified atom stereocenters. The Balaban J connectivity index is 1.91. The van der Waals surface area contributed by atoms with Crippen molar-refractivity contribution in [1.29, 1.82) is 0 Å². The molecule has 1 saturated carbocycles. The highest BCUT2D eigenvalue weighted by atomic mass is 16.1. The van der Waals surface area contributed by atoms with Gasteiger partial charge in [0.05, 0.1) is 23.2 Å². The van der Waals surface area contributed by atoms with E-state index in [9.17, 15) is 4.79 Å². The van der Waals surface area contributed by atoms with Crippen LogP contribution in [0, 0.1) is 0 Å². The summed E-state index contributed by atoms with van der Waals surface area (Å²) in [5.74, 6) is 0.133. The molecule has 0 amide bonds. The molecule has 1 aromatic heterocycles. The highest BCUT2D eigenvalue weighted by Gasteiger charge is 2.36. The Hall–Kier alpha value is -1.68. The summed E-state index contributed by atoms with van der Waals surface area (Å²) in [6.45, 7) is 0. The van der Waals surface area contributed by atoms with Crippen molar-refractivity contribution in [1.82, 2.24) is 9.78 Å². The number of rotatable bonds is 3. The summed E-state index contributed by atoms with van der Waals surface area (Å²) in [7, 11) is 1.91. The molecule has 100 valence electrons. The lowest BCUT2D eigenvalue weighted by Gasteiger charge is -2.21. The number of aryl methyl sites for hydroxylation is 1. The topological polar surface area (TPSA) is 60.9 Å². The first-order chi connectivity index (χ1) is 9.10. The minimum Gasteiger partial charge on any atom is -0.319 e. The number of carbonyl (C=O) groups is 1. The molecule has 0 bridgehead atoms. The number of aromatic nitrogens is 2. The van der Waals surface area contributed by atoms with Crippen molar-refractivity contribution in [2.45, 2.75) is 37.6 Å². The number of nitrogens with two attached hydrogens (primary N) is 1. The van der Waals surface area contributed by atoms with Crippen LogP contribution in [0.5, 0.6) is 0 Å². The van der Waals surface area contributed by atoms with Crippen LogP contribution in [0.3, 0.4) is 0 Å². The number of para-hydroxylation sites is 1. The summed E-state index contributed by atoms with van der Waals surface area (Å²) in [5, 5.41) is 5.53. The quantitative estimate of drug-likeness (QED) is 0.914. The second-order valence-corrected chi connectivity index (χ2v) is 5.55. The van der Waals surface area contributed by atoms with Crippen LogP contribution < -0.4 is 5.73 Å². The highest BCUT2D eigenvalue weighted by molar-refractivity contribution is 5.93. The van der Waals surface area contributed by atoms with Crippen LogP contribution in [0.4, 0.5) is 0 Å². The SMILES string of the molecule is Cn1nc(CC(=O)C2(N)CCCC2)c2ccccc21. The maximum atomic E-state index is 12.4. The van der Waals surface area contributed by atoms with Crippen molar-refractivity contribution in [2.75, 3.05) is 0 Å². The molecule has 0 aliphatic heterocycles. The fourth-order valence-corrected chi connectivity index (χ4v) is 3.03. The number of hydrogen-bond acceptors (Lipinski definition) is 3. The molecule has 0 radical (unpaired) electrons. The Morgan fingerprint density at radius 2 is 2.05 bits per heavy atom. The van der Waals surface area contributed by atoms with Crippen molar-refractivity contribution in [3.05, 3.63) is 30.0 Å². The van der Waals surface area contributed by atoms with Crippen LogP contribution in [-0.4, -0.2) is 21.1 Å². The van der Waals surface area contributed by atoms with E-state index < -0.39 is 5.54 Å². The van der Waals surface area contributed by atoms with Crippen LogP contribution in [0.15, 0.2) is 24.3 Å². The molecule has 0 saturated heterocycles. The lowest BCUT2D eigenvalue weighted by atomic mass is 9.90. The van der Waals surface area contributed by atoms with Gasteiger partial charge in [-0.15, -0.1) is 0 Å². The molecule has 1 aliphatic carbocycles. The van der Waals surface area contributed by atoms with Crippen molar-refractivity contribution < 1.29 is 4.79 Å². The molecule has 1 aliphatic rings. The summed E-state index contributed by atoms with van der Waals surface area (Å²) < 4.78 is 1.83. The molecule has 1 heterocycles. The third-order valence-corrected chi connectivity index (χ3v) is 4.21. The van der Waals surface area contributed by atoms with Crippen LogP contribution >= 0.6 is 0 Å².